The van der Waals surface area contributed by atoms with Crippen LogP contribution in [-0.4, -0.2) is 60.9 Å². The Bertz CT molecular complexity index is 771. The number of fused-ring (bicyclic) bond motifs is 3. The van der Waals surface area contributed by atoms with E-state index < -0.39 is 0 Å². The zero-order chi connectivity index (χ0) is 19.8. The molecule has 3 fully saturated rings. The molecule has 4 unspecified atom stereocenters. The second kappa shape index (κ2) is 7.60. The molecule has 0 radical (unpaired) electrons. The average Bonchev–Trinajstić information content (AvgIpc) is 3.12. The number of hydrogen-bond acceptors (Lipinski definition) is 6. The Morgan fingerprint density at radius 3 is 2.75 bits per heavy atom. The van der Waals surface area contributed by atoms with Crippen LogP contribution in [-0.2, 0) is 0 Å². The SMILES string of the molecule is COc1ccc(OC)c(C(=O)CN2C(=O)N3NC(C)NC3C3CCCCC32)c1. The first kappa shape index (κ1) is 19.0. The van der Waals surface area contributed by atoms with Crippen LogP contribution in [0.3, 0.4) is 0 Å². The minimum atomic E-state index is -0.146. The number of urea groups is 1. The predicted octanol–water partition coefficient (Wildman–Crippen LogP) is 1.96. The molecule has 2 N–H and O–H groups in total. The van der Waals surface area contributed by atoms with E-state index in [4.69, 9.17) is 9.47 Å². The van der Waals surface area contributed by atoms with Gasteiger partial charge >= 0.3 is 6.03 Å². The lowest BCUT2D eigenvalue weighted by atomic mass is 9.80. The summed E-state index contributed by atoms with van der Waals surface area (Å²) in [4.78, 5) is 28.1. The van der Waals surface area contributed by atoms with Gasteiger partial charge in [0, 0.05) is 12.0 Å². The van der Waals surface area contributed by atoms with Crippen molar-refractivity contribution in [1.82, 2.24) is 20.7 Å². The standard InChI is InChI=1S/C20H28N4O4/c1-12-21-19-14-6-4-5-7-16(14)23(20(26)24(19)22-12)11-17(25)15-10-13(27-2)8-9-18(15)28-3/h8-10,12,14,16,19,21-22H,4-7,11H2,1-3H3. The molecule has 4 atom stereocenters. The van der Waals surface area contributed by atoms with Crippen LogP contribution in [0, 0.1) is 5.92 Å². The number of benzene rings is 1. The lowest BCUT2D eigenvalue weighted by Gasteiger charge is -2.49. The summed E-state index contributed by atoms with van der Waals surface area (Å²) >= 11 is 0. The number of carbonyl (C=O) groups is 2. The molecule has 0 aromatic heterocycles. The van der Waals surface area contributed by atoms with Crippen LogP contribution < -0.4 is 20.2 Å². The van der Waals surface area contributed by atoms with E-state index in [1.54, 1.807) is 35.2 Å². The molecule has 1 aromatic carbocycles. The maximum Gasteiger partial charge on any atom is 0.336 e. The van der Waals surface area contributed by atoms with Crippen LogP contribution in [0.1, 0.15) is 43.0 Å². The van der Waals surface area contributed by atoms with Gasteiger partial charge in [-0.3, -0.25) is 10.1 Å². The second-order valence-electron chi connectivity index (χ2n) is 7.75. The lowest BCUT2D eigenvalue weighted by molar-refractivity contribution is 0.00126. The Balaban J connectivity index is 1.61. The second-order valence-corrected chi connectivity index (χ2v) is 7.75. The van der Waals surface area contributed by atoms with Crippen molar-refractivity contribution in [2.75, 3.05) is 20.8 Å². The molecule has 1 saturated carbocycles. The van der Waals surface area contributed by atoms with Crippen LogP contribution in [0.4, 0.5) is 4.79 Å². The summed E-state index contributed by atoms with van der Waals surface area (Å²) in [6.45, 7) is 2.03. The zero-order valence-electron chi connectivity index (χ0n) is 16.6. The first-order chi connectivity index (χ1) is 13.5. The van der Waals surface area contributed by atoms with Crippen LogP contribution in [0.25, 0.3) is 0 Å². The minimum absolute atomic E-state index is 0.00879. The van der Waals surface area contributed by atoms with Crippen LogP contribution in [0.15, 0.2) is 18.2 Å². The zero-order valence-corrected chi connectivity index (χ0v) is 16.6. The monoisotopic (exact) mass is 388 g/mol. The highest BCUT2D eigenvalue weighted by molar-refractivity contribution is 6.02. The highest BCUT2D eigenvalue weighted by atomic mass is 16.5. The molecule has 2 aliphatic heterocycles. The average molecular weight is 388 g/mol. The van der Waals surface area contributed by atoms with Gasteiger partial charge in [-0.05, 0) is 38.0 Å². The van der Waals surface area contributed by atoms with Crippen molar-refractivity contribution in [3.63, 3.8) is 0 Å². The Kier molecular flexibility index (Phi) is 5.16. The minimum Gasteiger partial charge on any atom is -0.497 e. The van der Waals surface area contributed by atoms with E-state index in [1.165, 1.54) is 7.11 Å². The Morgan fingerprint density at radius 1 is 1.21 bits per heavy atom. The molecule has 28 heavy (non-hydrogen) atoms. The van der Waals surface area contributed by atoms with Gasteiger partial charge in [0.2, 0.25) is 0 Å². The van der Waals surface area contributed by atoms with E-state index in [0.29, 0.717) is 23.0 Å². The molecule has 2 heterocycles. The van der Waals surface area contributed by atoms with Gasteiger partial charge in [-0.25, -0.2) is 15.2 Å². The van der Waals surface area contributed by atoms with Gasteiger partial charge < -0.3 is 14.4 Å². The van der Waals surface area contributed by atoms with Crippen LogP contribution >= 0.6 is 0 Å². The molecule has 4 rings (SSSR count). The van der Waals surface area contributed by atoms with Gasteiger partial charge in [0.15, 0.2) is 5.78 Å². The Hall–Kier alpha value is -2.32. The number of carbonyl (C=O) groups excluding carboxylic acids is 2. The largest absolute Gasteiger partial charge is 0.497 e. The number of nitrogens with one attached hydrogen (secondary N) is 2. The molecule has 2 saturated heterocycles. The van der Waals surface area contributed by atoms with Gasteiger partial charge in [-0.1, -0.05) is 12.8 Å². The number of ether oxygens (including phenoxy) is 2. The van der Waals surface area contributed by atoms with Gasteiger partial charge in [-0.2, -0.15) is 0 Å². The molecule has 0 bridgehead atoms. The summed E-state index contributed by atoms with van der Waals surface area (Å²) in [5.74, 6) is 1.24. The molecule has 0 spiro atoms. The van der Waals surface area contributed by atoms with E-state index in [9.17, 15) is 9.59 Å². The summed E-state index contributed by atoms with van der Waals surface area (Å²) < 4.78 is 10.6. The number of hydrazine groups is 1. The smallest absolute Gasteiger partial charge is 0.336 e. The molecular formula is C20H28N4O4. The first-order valence-electron chi connectivity index (χ1n) is 9.90. The van der Waals surface area contributed by atoms with Crippen molar-refractivity contribution in [3.8, 4) is 11.5 Å². The summed E-state index contributed by atoms with van der Waals surface area (Å²) in [6, 6.07) is 5.08. The van der Waals surface area contributed by atoms with Crippen molar-refractivity contribution >= 4 is 11.8 Å². The Labute approximate surface area is 165 Å². The van der Waals surface area contributed by atoms with Crippen LogP contribution in [0.2, 0.25) is 0 Å². The van der Waals surface area contributed by atoms with Crippen LogP contribution in [0.5, 0.6) is 11.5 Å². The highest BCUT2D eigenvalue weighted by Crippen LogP contribution is 2.38. The third-order valence-electron chi connectivity index (χ3n) is 6.09. The molecule has 3 aliphatic rings. The van der Waals surface area contributed by atoms with Crippen molar-refractivity contribution in [1.29, 1.82) is 0 Å². The maximum absolute atomic E-state index is 13.2. The summed E-state index contributed by atoms with van der Waals surface area (Å²) in [6.07, 6.45) is 4.24. The summed E-state index contributed by atoms with van der Waals surface area (Å²) in [5.41, 5.74) is 3.63. The number of rotatable bonds is 5. The number of methoxy groups -OCH3 is 2. The molecular weight excluding hydrogens is 360 g/mol. The van der Waals surface area contributed by atoms with Gasteiger partial charge in [-0.15, -0.1) is 0 Å². The van der Waals surface area contributed by atoms with Gasteiger partial charge in [0.1, 0.15) is 17.7 Å². The van der Waals surface area contributed by atoms with Crippen molar-refractivity contribution in [2.45, 2.75) is 51.0 Å². The first-order valence-corrected chi connectivity index (χ1v) is 9.90. The third-order valence-corrected chi connectivity index (χ3v) is 6.09. The predicted molar refractivity (Wildman–Crippen MR) is 103 cm³/mol. The third kappa shape index (κ3) is 3.20. The van der Waals surface area contributed by atoms with Crippen molar-refractivity contribution in [3.05, 3.63) is 23.8 Å². The summed E-state index contributed by atoms with van der Waals surface area (Å²) in [5, 5.41) is 5.14. The number of hydrogen-bond donors (Lipinski definition) is 2. The van der Waals surface area contributed by atoms with Crippen molar-refractivity contribution < 1.29 is 19.1 Å². The fraction of sp³-hybridized carbons (Fsp3) is 0.600. The molecule has 2 amide bonds. The number of Topliss-reactive ketones (excluding diaryl/α,β-unsaturated/α-hetero) is 1. The molecule has 1 aliphatic carbocycles. The van der Waals surface area contributed by atoms with E-state index in [0.717, 1.165) is 25.7 Å². The normalized spacial score (nSPS) is 29.3. The fourth-order valence-corrected chi connectivity index (χ4v) is 4.78. The topological polar surface area (TPSA) is 83.1 Å². The molecule has 1 aromatic rings. The van der Waals surface area contributed by atoms with Gasteiger partial charge in [0.25, 0.3) is 0 Å². The Morgan fingerprint density at radius 2 is 2.00 bits per heavy atom. The van der Waals surface area contributed by atoms with E-state index in [1.807, 2.05) is 6.92 Å². The summed E-state index contributed by atoms with van der Waals surface area (Å²) in [7, 11) is 3.10. The number of nitrogens with zero attached hydrogens (tertiary/aromatic N) is 2. The highest BCUT2D eigenvalue weighted by Gasteiger charge is 2.51. The quantitative estimate of drug-likeness (QED) is 0.751. The van der Waals surface area contributed by atoms with Crippen molar-refractivity contribution in [2.24, 2.45) is 5.92 Å². The number of ketones is 1. The lowest BCUT2D eigenvalue weighted by Crippen LogP contribution is -2.66. The van der Waals surface area contributed by atoms with E-state index in [2.05, 4.69) is 10.7 Å². The van der Waals surface area contributed by atoms with E-state index in [-0.39, 0.29) is 36.7 Å². The molecule has 152 valence electrons. The van der Waals surface area contributed by atoms with E-state index >= 15 is 0 Å². The van der Waals surface area contributed by atoms with Gasteiger partial charge in [0.05, 0.1) is 32.5 Å². The fourth-order valence-electron chi connectivity index (χ4n) is 4.78. The molecule has 8 nitrogen and oxygen atoms in total. The number of amides is 2. The molecule has 8 heteroatoms. The maximum atomic E-state index is 13.2.